The van der Waals surface area contributed by atoms with Crippen molar-refractivity contribution in [3.05, 3.63) is 37.9 Å². The molecule has 0 saturated heterocycles. The van der Waals surface area contributed by atoms with Crippen molar-refractivity contribution in [2.45, 2.75) is 25.3 Å². The first-order valence-electron chi connectivity index (χ1n) is 9.89. The Morgan fingerprint density at radius 3 is 2.47 bits per heavy atom. The molecule has 2 heterocycles. The number of sulfonamides is 1. The monoisotopic (exact) mass is 473 g/mol. The summed E-state index contributed by atoms with van der Waals surface area (Å²) in [6.45, 7) is 3.29. The van der Waals surface area contributed by atoms with Gasteiger partial charge in [-0.15, -0.1) is 24.3 Å². The summed E-state index contributed by atoms with van der Waals surface area (Å²) < 4.78 is 66.0. The van der Waals surface area contributed by atoms with E-state index in [-0.39, 0.29) is 11.4 Å². The molecule has 13 heteroatoms. The molecule has 2 aromatic rings. The van der Waals surface area contributed by atoms with Gasteiger partial charge in [0.1, 0.15) is 5.69 Å². The minimum Gasteiger partial charge on any atom is -0.439 e. The number of benzene rings is 1. The number of alkyl halides is 3. The lowest BCUT2D eigenvalue weighted by Gasteiger charge is -2.31. The van der Waals surface area contributed by atoms with E-state index in [1.807, 2.05) is 11.8 Å². The second-order valence-corrected chi connectivity index (χ2v) is 8.92. The van der Waals surface area contributed by atoms with Gasteiger partial charge in [0, 0.05) is 31.9 Å². The lowest BCUT2D eigenvalue weighted by molar-refractivity contribution is -0.544. The fourth-order valence-corrected chi connectivity index (χ4v) is 4.21. The van der Waals surface area contributed by atoms with Crippen LogP contribution in [-0.2, 0) is 23.5 Å². The quantitative estimate of drug-likeness (QED) is 0.424. The number of nitrogens with two attached hydrogens (primary N) is 2. The Kier molecular flexibility index (Phi) is 6.81. The zero-order valence-corrected chi connectivity index (χ0v) is 18.6. The maximum atomic E-state index is 13.0. The number of hydrogen-bond donors (Lipinski definition) is 3. The average molecular weight is 474 g/mol. The zero-order valence-electron chi connectivity index (χ0n) is 17.8. The highest BCUT2D eigenvalue weighted by Gasteiger charge is 2.46. The van der Waals surface area contributed by atoms with Gasteiger partial charge < -0.3 is 15.5 Å². The van der Waals surface area contributed by atoms with Gasteiger partial charge in [-0.05, 0) is 37.5 Å². The van der Waals surface area contributed by atoms with Crippen molar-refractivity contribution < 1.29 is 32.2 Å². The van der Waals surface area contributed by atoms with E-state index in [1.54, 1.807) is 39.1 Å². The smallest absolute Gasteiger partial charge is 0.439 e. The number of nitrogens with one attached hydrogen (secondary N) is 1. The van der Waals surface area contributed by atoms with Crippen LogP contribution >= 0.6 is 0 Å². The minimum atomic E-state index is -5.63. The maximum absolute atomic E-state index is 13.0. The first-order valence-corrected chi connectivity index (χ1v) is 11.4. The number of azo groups is 1. The number of hydrogen-bond acceptors (Lipinski definition) is 5. The van der Waals surface area contributed by atoms with Crippen molar-refractivity contribution in [3.63, 3.8) is 0 Å². The van der Waals surface area contributed by atoms with Gasteiger partial charge in [-0.1, -0.05) is 0 Å². The van der Waals surface area contributed by atoms with Crippen molar-refractivity contribution in [1.82, 2.24) is 4.57 Å². The van der Waals surface area contributed by atoms with E-state index in [9.17, 15) is 21.6 Å². The van der Waals surface area contributed by atoms with E-state index in [1.165, 1.54) is 6.07 Å². The van der Waals surface area contributed by atoms with Crippen LogP contribution in [0.15, 0.2) is 28.4 Å². The molecule has 176 valence electrons. The van der Waals surface area contributed by atoms with Crippen LogP contribution in [0.3, 0.4) is 0 Å². The molecule has 0 spiro atoms. The third-order valence-corrected chi connectivity index (χ3v) is 6.40. The van der Waals surface area contributed by atoms with Crippen LogP contribution in [0, 0.1) is 14.1 Å². The number of anilines is 2. The second-order valence-electron chi connectivity index (χ2n) is 7.24. The van der Waals surface area contributed by atoms with Gasteiger partial charge in [0.05, 0.1) is 5.69 Å². The molecule has 0 saturated carbocycles. The Morgan fingerprint density at radius 1 is 1.19 bits per heavy atom. The molecule has 32 heavy (non-hydrogen) atoms. The molecule has 5 N–H and O–H groups in total. The number of halogens is 3. The highest BCUT2D eigenvalue weighted by molar-refractivity contribution is 7.93. The molecule has 0 amide bonds. The van der Waals surface area contributed by atoms with Crippen molar-refractivity contribution in [1.29, 1.82) is 0 Å². The Labute approximate surface area is 184 Å². The number of aromatic nitrogens is 1. The number of quaternary nitrogens is 2. The lowest BCUT2D eigenvalue weighted by Crippen LogP contribution is -2.77. The summed E-state index contributed by atoms with van der Waals surface area (Å²) in [5.74, 6) is 1.16. The number of aryl methyl sites for hydroxylation is 1. The highest BCUT2D eigenvalue weighted by atomic mass is 32.2. The Bertz CT molecular complexity index is 1130. The van der Waals surface area contributed by atoms with Gasteiger partial charge in [-0.25, -0.2) is 0 Å². The van der Waals surface area contributed by atoms with Gasteiger partial charge in [-0.3, -0.25) is 9.29 Å². The van der Waals surface area contributed by atoms with Crippen LogP contribution < -0.4 is 20.3 Å². The lowest BCUT2D eigenvalue weighted by atomic mass is 10.0. The second kappa shape index (κ2) is 9.08. The summed E-state index contributed by atoms with van der Waals surface area (Å²) in [6, 6.07) is 4.68. The third-order valence-electron chi connectivity index (χ3n) is 5.30. The fraction of sp³-hybridized carbons (Fsp3) is 0.368. The van der Waals surface area contributed by atoms with Crippen LogP contribution in [0.25, 0.3) is 0 Å². The summed E-state index contributed by atoms with van der Waals surface area (Å²) >= 11 is 0. The van der Waals surface area contributed by atoms with Gasteiger partial charge in [0.15, 0.2) is 11.5 Å². The van der Waals surface area contributed by atoms with Crippen LogP contribution in [-0.4, -0.2) is 31.6 Å². The van der Waals surface area contributed by atoms with Crippen LogP contribution in [0.1, 0.15) is 18.9 Å². The average Bonchev–Trinajstić information content (AvgIpc) is 3.05. The van der Waals surface area contributed by atoms with Crippen LogP contribution in [0.5, 0.6) is 0 Å². The first kappa shape index (κ1) is 24.0. The molecule has 0 atom stereocenters. The summed E-state index contributed by atoms with van der Waals surface area (Å²) in [7, 11) is 3.58. The molecular weight excluding hydrogens is 447 g/mol. The van der Waals surface area contributed by atoms with Crippen molar-refractivity contribution >= 4 is 44.4 Å². The summed E-state index contributed by atoms with van der Waals surface area (Å²) in [4.78, 5) is 1.98. The Morgan fingerprint density at radius 2 is 1.91 bits per heavy atom. The number of fused-ring (bicyclic) bond motifs is 1. The van der Waals surface area contributed by atoms with E-state index in [2.05, 4.69) is 24.3 Å². The normalized spacial score (nSPS) is 14.8. The molecule has 0 radical (unpaired) electrons. The van der Waals surface area contributed by atoms with E-state index in [4.69, 9.17) is 0 Å². The third kappa shape index (κ3) is 4.59. The predicted octanol–water partition coefficient (Wildman–Crippen LogP) is 2.45. The van der Waals surface area contributed by atoms with Gasteiger partial charge >= 0.3 is 15.5 Å². The Hall–Kier alpha value is -2.64. The zero-order chi connectivity index (χ0) is 23.7. The maximum Gasteiger partial charge on any atom is 0.516 e. The number of nitrogens with zero attached hydrogens (tertiary/aromatic N) is 4. The van der Waals surface area contributed by atoms with Crippen LogP contribution in [0.2, 0.25) is 0 Å². The van der Waals surface area contributed by atoms with Gasteiger partial charge in [0.2, 0.25) is 5.82 Å². The van der Waals surface area contributed by atoms with Gasteiger partial charge in [-0.2, -0.15) is 21.6 Å². The molecule has 1 aromatic heterocycles. The van der Waals surface area contributed by atoms with Crippen molar-refractivity contribution in [2.24, 2.45) is 17.3 Å². The first-order chi connectivity index (χ1) is 15.0. The minimum absolute atomic E-state index is 0.00367. The molecule has 0 fully saturated rings. The topological polar surface area (TPSA) is 112 Å². The summed E-state index contributed by atoms with van der Waals surface area (Å²) in [5.41, 5.74) is -3.44. The van der Waals surface area contributed by atoms with Crippen molar-refractivity contribution in [3.8, 4) is 0 Å². The predicted molar refractivity (Wildman–Crippen MR) is 115 cm³/mol. The molecule has 3 rings (SSSR count). The SMILES string of the molecule is [CH2-][NH2+]c1cc(/N=N/c2cc3c(cc2NS(=O)(=O)C(F)(F)F)N(CC)CCC3)n(C)c1[NH2+][CH2-]. The van der Waals surface area contributed by atoms with E-state index in [0.29, 0.717) is 24.5 Å². The van der Waals surface area contributed by atoms with Crippen molar-refractivity contribution in [2.75, 3.05) is 22.7 Å². The van der Waals surface area contributed by atoms with Gasteiger partial charge in [0.25, 0.3) is 0 Å². The van der Waals surface area contributed by atoms with E-state index >= 15 is 0 Å². The molecule has 1 aliphatic heterocycles. The largest absolute Gasteiger partial charge is 0.516 e. The summed E-state index contributed by atoms with van der Waals surface area (Å²) in [5, 5.41) is 11.5. The van der Waals surface area contributed by atoms with E-state index < -0.39 is 15.5 Å². The molecular formula is C19H26F3N7O2S. The standard InChI is InChI=1S/C19H26F3N7O2S/c1-5-29-8-6-7-12-9-13(14(10-16(12)29)27-32(30,31)19(20,21)22)25-26-17-11-15(23-2)18(24-3)28(17)4/h9-11,27H,2-3,5-8,23-24H2,1,4H3/b26-25+. The summed E-state index contributed by atoms with van der Waals surface area (Å²) in [6.07, 6.45) is 1.57. The molecule has 1 aliphatic rings. The molecule has 9 nitrogen and oxygen atoms in total. The fourth-order valence-electron chi connectivity index (χ4n) is 3.64. The Balaban J connectivity index is 2.10. The molecule has 0 bridgehead atoms. The molecule has 0 unspecified atom stereocenters. The number of rotatable bonds is 7. The molecule has 0 aliphatic carbocycles. The van der Waals surface area contributed by atoms with Crippen LogP contribution in [0.4, 0.5) is 47.6 Å². The highest BCUT2D eigenvalue weighted by Crippen LogP contribution is 2.39. The molecule has 1 aromatic carbocycles. The van der Waals surface area contributed by atoms with E-state index in [0.717, 1.165) is 30.0 Å².